The number of hydrogen-bond donors (Lipinski definition) is 1. The van der Waals surface area contributed by atoms with Crippen molar-refractivity contribution in [2.45, 2.75) is 18.4 Å². The summed E-state index contributed by atoms with van der Waals surface area (Å²) in [4.78, 5) is 43.5. The number of thioether (sulfide) groups is 1. The first-order valence-corrected chi connectivity index (χ1v) is 12.3. The van der Waals surface area contributed by atoms with Crippen molar-refractivity contribution in [1.82, 2.24) is 10.3 Å². The quantitative estimate of drug-likeness (QED) is 0.242. The molecule has 8 nitrogen and oxygen atoms in total. The molecule has 1 heterocycles. The van der Waals surface area contributed by atoms with Crippen LogP contribution in [0.25, 0.3) is 0 Å². The van der Waals surface area contributed by atoms with Crippen molar-refractivity contribution < 1.29 is 23.9 Å². The molecule has 0 saturated carbocycles. The molecule has 10 heteroatoms. The zero-order valence-electron chi connectivity index (χ0n) is 18.9. The summed E-state index contributed by atoms with van der Waals surface area (Å²) in [6, 6.07) is 16.2. The Morgan fingerprint density at radius 3 is 2.56 bits per heavy atom. The molecule has 2 amide bonds. The Hall–Kier alpha value is -3.21. The molecule has 2 aromatic carbocycles. The summed E-state index contributed by atoms with van der Waals surface area (Å²) in [5.74, 6) is -0.650. The van der Waals surface area contributed by atoms with E-state index in [-0.39, 0.29) is 24.2 Å². The van der Waals surface area contributed by atoms with Crippen LogP contribution in [-0.4, -0.2) is 48.8 Å². The van der Waals surface area contributed by atoms with Gasteiger partial charge in [-0.15, -0.1) is 23.1 Å². The van der Waals surface area contributed by atoms with Crippen LogP contribution in [0.5, 0.6) is 0 Å². The van der Waals surface area contributed by atoms with Crippen LogP contribution < -0.4 is 10.2 Å². The van der Waals surface area contributed by atoms with E-state index in [9.17, 15) is 14.4 Å². The fourth-order valence-corrected chi connectivity index (χ4v) is 4.68. The predicted octanol–water partition coefficient (Wildman–Crippen LogP) is 4.04. The number of para-hydroxylation sites is 1. The summed E-state index contributed by atoms with van der Waals surface area (Å²) < 4.78 is 10.4. The number of nitrogens with zero attached hydrogens (tertiary/aromatic N) is 2. The standard InChI is InChI=1S/C24H25N3O5S2/c1-17(28)27(19-8-4-3-5-9-19)24-26-18(15-34-24)14-32-23(30)20-10-6-7-11-21(20)33-16-22(29)25-12-13-31-2/h3-11,15H,12-14,16H2,1-2H3,(H,25,29). The summed E-state index contributed by atoms with van der Waals surface area (Å²) in [6.07, 6.45) is 0. The Morgan fingerprint density at radius 2 is 1.82 bits per heavy atom. The Balaban J connectivity index is 1.61. The third-order valence-electron chi connectivity index (χ3n) is 4.51. The van der Waals surface area contributed by atoms with Crippen LogP contribution in [0.4, 0.5) is 10.8 Å². The van der Waals surface area contributed by atoms with Crippen molar-refractivity contribution >= 4 is 51.7 Å². The van der Waals surface area contributed by atoms with Gasteiger partial charge in [-0.05, 0) is 24.3 Å². The molecule has 0 unspecified atom stereocenters. The van der Waals surface area contributed by atoms with Crippen molar-refractivity contribution in [3.63, 3.8) is 0 Å². The van der Waals surface area contributed by atoms with Crippen LogP contribution >= 0.6 is 23.1 Å². The molecule has 3 rings (SSSR count). The number of rotatable bonds is 11. The van der Waals surface area contributed by atoms with Gasteiger partial charge in [0.05, 0.1) is 29.3 Å². The molecule has 34 heavy (non-hydrogen) atoms. The third-order valence-corrected chi connectivity index (χ3v) is 6.45. The van der Waals surface area contributed by atoms with Gasteiger partial charge in [0, 0.05) is 30.9 Å². The Bertz CT molecular complexity index is 1120. The van der Waals surface area contributed by atoms with Crippen molar-refractivity contribution in [3.05, 3.63) is 71.2 Å². The zero-order chi connectivity index (χ0) is 24.3. The number of aromatic nitrogens is 1. The average molecular weight is 500 g/mol. The maximum absolute atomic E-state index is 12.7. The van der Waals surface area contributed by atoms with Gasteiger partial charge in [0.1, 0.15) is 6.61 Å². The van der Waals surface area contributed by atoms with Crippen LogP contribution in [0, 0.1) is 0 Å². The van der Waals surface area contributed by atoms with Gasteiger partial charge < -0.3 is 14.8 Å². The summed E-state index contributed by atoms with van der Waals surface area (Å²) in [5.41, 5.74) is 1.63. The van der Waals surface area contributed by atoms with E-state index in [0.29, 0.717) is 40.1 Å². The molecule has 0 radical (unpaired) electrons. The van der Waals surface area contributed by atoms with Crippen molar-refractivity contribution in [2.24, 2.45) is 0 Å². The first-order valence-electron chi connectivity index (χ1n) is 10.4. The van der Waals surface area contributed by atoms with Gasteiger partial charge in [0.2, 0.25) is 11.8 Å². The predicted molar refractivity (Wildman–Crippen MR) is 133 cm³/mol. The molecule has 178 valence electrons. The number of carbonyl (C=O) groups excluding carboxylic acids is 3. The van der Waals surface area contributed by atoms with Crippen molar-refractivity contribution in [2.75, 3.05) is 30.9 Å². The first kappa shape index (κ1) is 25.4. The lowest BCUT2D eigenvalue weighted by atomic mass is 10.2. The van der Waals surface area contributed by atoms with Gasteiger partial charge in [-0.25, -0.2) is 9.78 Å². The molecule has 0 fully saturated rings. The summed E-state index contributed by atoms with van der Waals surface area (Å²) in [7, 11) is 1.57. The monoisotopic (exact) mass is 499 g/mol. The highest BCUT2D eigenvalue weighted by atomic mass is 32.2. The molecule has 0 spiro atoms. The SMILES string of the molecule is COCCNC(=O)CSc1ccccc1C(=O)OCc1csc(N(C(C)=O)c2ccccc2)n1. The molecule has 1 N–H and O–H groups in total. The lowest BCUT2D eigenvalue weighted by Gasteiger charge is -2.17. The summed E-state index contributed by atoms with van der Waals surface area (Å²) >= 11 is 2.56. The van der Waals surface area contributed by atoms with Gasteiger partial charge in [0.25, 0.3) is 0 Å². The van der Waals surface area contributed by atoms with Gasteiger partial charge in [0.15, 0.2) is 5.13 Å². The van der Waals surface area contributed by atoms with E-state index in [0.717, 1.165) is 0 Å². The highest BCUT2D eigenvalue weighted by Gasteiger charge is 2.19. The highest BCUT2D eigenvalue weighted by Crippen LogP contribution is 2.29. The van der Waals surface area contributed by atoms with E-state index < -0.39 is 5.97 Å². The first-order chi connectivity index (χ1) is 16.5. The third kappa shape index (κ3) is 7.14. The molecular weight excluding hydrogens is 474 g/mol. The number of thiazole rings is 1. The number of methoxy groups -OCH3 is 1. The van der Waals surface area contributed by atoms with Crippen LogP contribution in [-0.2, 0) is 25.7 Å². The maximum Gasteiger partial charge on any atom is 0.339 e. The second-order valence-electron chi connectivity index (χ2n) is 7.02. The summed E-state index contributed by atoms with van der Waals surface area (Å²) in [6.45, 7) is 2.31. The van der Waals surface area contributed by atoms with E-state index in [1.807, 2.05) is 30.3 Å². The molecule has 0 atom stereocenters. The van der Waals surface area contributed by atoms with Crippen LogP contribution in [0.15, 0.2) is 64.9 Å². The smallest absolute Gasteiger partial charge is 0.339 e. The van der Waals surface area contributed by atoms with E-state index in [4.69, 9.17) is 9.47 Å². The van der Waals surface area contributed by atoms with Gasteiger partial charge in [-0.3, -0.25) is 14.5 Å². The number of esters is 1. The van der Waals surface area contributed by atoms with Crippen LogP contribution in [0.2, 0.25) is 0 Å². The fourth-order valence-electron chi connectivity index (χ4n) is 2.93. The van der Waals surface area contributed by atoms with E-state index >= 15 is 0 Å². The second-order valence-corrected chi connectivity index (χ2v) is 8.87. The minimum Gasteiger partial charge on any atom is -0.456 e. The number of carbonyl (C=O) groups is 3. The highest BCUT2D eigenvalue weighted by molar-refractivity contribution is 8.00. The zero-order valence-corrected chi connectivity index (χ0v) is 20.5. The molecule has 1 aromatic heterocycles. The molecule has 0 bridgehead atoms. The van der Waals surface area contributed by atoms with E-state index in [2.05, 4.69) is 10.3 Å². The Morgan fingerprint density at radius 1 is 1.09 bits per heavy atom. The van der Waals surface area contributed by atoms with Crippen molar-refractivity contribution in [3.8, 4) is 0 Å². The van der Waals surface area contributed by atoms with Crippen LogP contribution in [0.3, 0.4) is 0 Å². The molecule has 0 saturated heterocycles. The fraction of sp³-hybridized carbons (Fsp3) is 0.250. The van der Waals surface area contributed by atoms with E-state index in [1.54, 1.807) is 36.8 Å². The van der Waals surface area contributed by atoms with E-state index in [1.165, 1.54) is 34.9 Å². The molecule has 0 aliphatic rings. The second kappa shape index (κ2) is 12.9. The lowest BCUT2D eigenvalue weighted by Crippen LogP contribution is -2.28. The Kier molecular flexibility index (Phi) is 9.62. The lowest BCUT2D eigenvalue weighted by molar-refractivity contribution is -0.118. The maximum atomic E-state index is 12.7. The minimum atomic E-state index is -0.510. The van der Waals surface area contributed by atoms with Gasteiger partial charge in [-0.2, -0.15) is 0 Å². The van der Waals surface area contributed by atoms with Crippen LogP contribution in [0.1, 0.15) is 23.0 Å². The average Bonchev–Trinajstić information content (AvgIpc) is 3.30. The van der Waals surface area contributed by atoms with Gasteiger partial charge in [-0.1, -0.05) is 30.3 Å². The Labute approximate surface area is 206 Å². The molecular formula is C24H25N3O5S2. The summed E-state index contributed by atoms with van der Waals surface area (Å²) in [5, 5.41) is 5.00. The number of ether oxygens (including phenoxy) is 2. The molecule has 0 aliphatic carbocycles. The number of nitrogens with one attached hydrogen (secondary N) is 1. The largest absolute Gasteiger partial charge is 0.456 e. The van der Waals surface area contributed by atoms with Crippen molar-refractivity contribution in [1.29, 1.82) is 0 Å². The van der Waals surface area contributed by atoms with Gasteiger partial charge >= 0.3 is 5.97 Å². The molecule has 3 aromatic rings. The number of benzene rings is 2. The normalized spacial score (nSPS) is 10.5. The molecule has 0 aliphatic heterocycles. The minimum absolute atomic E-state index is 0.0353. The number of anilines is 2. The number of hydrogen-bond acceptors (Lipinski definition) is 8. The topological polar surface area (TPSA) is 97.8 Å². The number of amides is 2.